The highest BCUT2D eigenvalue weighted by molar-refractivity contribution is 7.90. The number of fused-ring (bicyclic) bond motifs is 3. The van der Waals surface area contributed by atoms with E-state index in [0.29, 0.717) is 49.2 Å². The molecule has 3 fully saturated rings. The second-order valence-electron chi connectivity index (χ2n) is 11.3. The molecule has 2 amide bonds. The van der Waals surface area contributed by atoms with Gasteiger partial charge in [0.2, 0.25) is 15.9 Å². The van der Waals surface area contributed by atoms with Gasteiger partial charge in [-0.15, -0.1) is 0 Å². The number of carbonyl (C=O) groups excluding carboxylic acids is 2. The number of nitrogens with zero attached hydrogens (tertiary/aromatic N) is 3. The Balaban J connectivity index is 1.32. The smallest absolute Gasteiger partial charge is 0.253 e. The molecular formula is C28H38N4O5S. The van der Waals surface area contributed by atoms with Gasteiger partial charge in [-0.05, 0) is 69.2 Å². The van der Waals surface area contributed by atoms with E-state index >= 15 is 0 Å². The number of rotatable bonds is 6. The van der Waals surface area contributed by atoms with Crippen LogP contribution in [0.25, 0.3) is 10.9 Å². The van der Waals surface area contributed by atoms with Gasteiger partial charge in [-0.25, -0.2) is 12.4 Å². The summed E-state index contributed by atoms with van der Waals surface area (Å²) < 4.78 is 33.5. The Morgan fingerprint density at radius 3 is 2.61 bits per heavy atom. The average Bonchev–Trinajstić information content (AvgIpc) is 3.71. The maximum Gasteiger partial charge on any atom is 0.253 e. The van der Waals surface area contributed by atoms with Crippen molar-refractivity contribution in [1.82, 2.24) is 19.1 Å². The normalized spacial score (nSPS) is 23.4. The fourth-order valence-corrected chi connectivity index (χ4v) is 7.64. The first kappa shape index (κ1) is 25.8. The first-order valence-corrected chi connectivity index (χ1v) is 15.8. The van der Waals surface area contributed by atoms with Crippen LogP contribution in [-0.4, -0.2) is 84.7 Å². The molecule has 1 aromatic heterocycles. The van der Waals surface area contributed by atoms with E-state index in [4.69, 9.17) is 4.74 Å². The lowest BCUT2D eigenvalue weighted by Gasteiger charge is -2.37. The Hall–Kier alpha value is -2.43. The van der Waals surface area contributed by atoms with Gasteiger partial charge in [0.1, 0.15) is 0 Å². The highest BCUT2D eigenvalue weighted by atomic mass is 32.2. The Bertz CT molecular complexity index is 1340. The molecule has 206 valence electrons. The van der Waals surface area contributed by atoms with Gasteiger partial charge in [0, 0.05) is 74.5 Å². The van der Waals surface area contributed by atoms with Crippen LogP contribution in [0, 0.1) is 5.92 Å². The fourth-order valence-electron chi connectivity index (χ4n) is 6.39. The van der Waals surface area contributed by atoms with Crippen LogP contribution in [0.2, 0.25) is 0 Å². The van der Waals surface area contributed by atoms with Gasteiger partial charge in [0.15, 0.2) is 0 Å². The van der Waals surface area contributed by atoms with Crippen LogP contribution in [0.15, 0.2) is 18.2 Å². The summed E-state index contributed by atoms with van der Waals surface area (Å²) in [5, 5.41) is 3.93. The van der Waals surface area contributed by atoms with Crippen LogP contribution in [0.5, 0.6) is 0 Å². The predicted octanol–water partition coefficient (Wildman–Crippen LogP) is 2.51. The van der Waals surface area contributed by atoms with Crippen molar-refractivity contribution in [1.29, 1.82) is 0 Å². The quantitative estimate of drug-likeness (QED) is 0.602. The van der Waals surface area contributed by atoms with Gasteiger partial charge >= 0.3 is 0 Å². The molecule has 6 rings (SSSR count). The van der Waals surface area contributed by atoms with Crippen molar-refractivity contribution in [2.75, 3.05) is 38.6 Å². The summed E-state index contributed by atoms with van der Waals surface area (Å²) in [6.07, 6.45) is 6.32. The third kappa shape index (κ3) is 4.86. The summed E-state index contributed by atoms with van der Waals surface area (Å²) in [6, 6.07) is 6.18. The van der Waals surface area contributed by atoms with Crippen molar-refractivity contribution < 1.29 is 22.7 Å². The van der Waals surface area contributed by atoms with Crippen LogP contribution >= 0.6 is 0 Å². The van der Waals surface area contributed by atoms with Gasteiger partial charge in [0.25, 0.3) is 5.91 Å². The van der Waals surface area contributed by atoms with E-state index in [1.807, 2.05) is 6.07 Å². The molecule has 1 N–H and O–H groups in total. The first-order chi connectivity index (χ1) is 18.4. The number of ether oxygens (including phenoxy) is 1. The molecule has 0 radical (unpaired) electrons. The highest BCUT2D eigenvalue weighted by Crippen LogP contribution is 2.35. The van der Waals surface area contributed by atoms with Crippen molar-refractivity contribution in [2.45, 2.75) is 70.5 Å². The van der Waals surface area contributed by atoms with Gasteiger partial charge in [-0.3, -0.25) is 14.5 Å². The number of hydrogen-bond donors (Lipinski definition) is 1. The molecular weight excluding hydrogens is 504 g/mol. The first-order valence-electron chi connectivity index (χ1n) is 14.2. The zero-order valence-corrected chi connectivity index (χ0v) is 23.0. The zero-order valence-electron chi connectivity index (χ0n) is 22.2. The molecule has 9 nitrogen and oxygen atoms in total. The van der Waals surface area contributed by atoms with Crippen LogP contribution in [0.3, 0.4) is 0 Å². The number of aromatic nitrogens is 1. The second-order valence-corrected chi connectivity index (χ2v) is 13.4. The summed E-state index contributed by atoms with van der Waals surface area (Å²) in [5.74, 6) is -0.183. The largest absolute Gasteiger partial charge is 0.381 e. The van der Waals surface area contributed by atoms with Crippen molar-refractivity contribution >= 4 is 32.7 Å². The molecule has 10 heteroatoms. The molecule has 1 aliphatic carbocycles. The molecule has 0 bridgehead atoms. The lowest BCUT2D eigenvalue weighted by atomic mass is 9.96. The predicted molar refractivity (Wildman–Crippen MR) is 145 cm³/mol. The third-order valence-corrected chi connectivity index (χ3v) is 10.4. The lowest BCUT2D eigenvalue weighted by molar-refractivity contribution is -0.126. The molecule has 0 spiro atoms. The SMILES string of the molecule is CCS(=O)(=O)n1c2c(c3cc(C(=O)N4CCC[C@H](C(=O)NC5CC5)C4)ccc31)CN(C1CCOCC1)CC2. The molecule has 0 unspecified atom stereocenters. The maximum atomic E-state index is 13.6. The van der Waals surface area contributed by atoms with Gasteiger partial charge in [-0.1, -0.05) is 0 Å². The summed E-state index contributed by atoms with van der Waals surface area (Å²) >= 11 is 0. The van der Waals surface area contributed by atoms with E-state index in [0.717, 1.165) is 74.9 Å². The molecule has 2 saturated heterocycles. The summed E-state index contributed by atoms with van der Waals surface area (Å²) in [7, 11) is -3.50. The Kier molecular flexibility index (Phi) is 6.98. The van der Waals surface area contributed by atoms with Crippen molar-refractivity contribution in [2.24, 2.45) is 5.92 Å². The topological polar surface area (TPSA) is 101 Å². The third-order valence-electron chi connectivity index (χ3n) is 8.73. The van der Waals surface area contributed by atoms with E-state index in [1.165, 1.54) is 3.97 Å². The van der Waals surface area contributed by atoms with Crippen molar-refractivity contribution in [3.63, 3.8) is 0 Å². The number of carbonyl (C=O) groups is 2. The van der Waals surface area contributed by atoms with E-state index in [-0.39, 0.29) is 23.5 Å². The number of amides is 2. The van der Waals surface area contributed by atoms with E-state index < -0.39 is 10.0 Å². The van der Waals surface area contributed by atoms with E-state index in [9.17, 15) is 18.0 Å². The maximum absolute atomic E-state index is 13.6. The Morgan fingerprint density at radius 2 is 1.87 bits per heavy atom. The van der Waals surface area contributed by atoms with Crippen LogP contribution in [0.1, 0.15) is 67.1 Å². The Labute approximate surface area is 224 Å². The number of benzene rings is 1. The highest BCUT2D eigenvalue weighted by Gasteiger charge is 2.34. The summed E-state index contributed by atoms with van der Waals surface area (Å²) in [6.45, 7) is 5.74. The average molecular weight is 543 g/mol. The molecule has 1 saturated carbocycles. The van der Waals surface area contributed by atoms with Crippen LogP contribution in [0.4, 0.5) is 0 Å². The second kappa shape index (κ2) is 10.3. The van der Waals surface area contributed by atoms with Gasteiger partial charge in [-0.2, -0.15) is 0 Å². The molecule has 1 aromatic carbocycles. The molecule has 1 atom stereocenters. The minimum Gasteiger partial charge on any atom is -0.381 e. The molecule has 4 aliphatic rings. The molecule has 2 aromatic rings. The number of likely N-dealkylation sites (tertiary alicyclic amines) is 1. The molecule has 38 heavy (non-hydrogen) atoms. The molecule has 3 aliphatic heterocycles. The Morgan fingerprint density at radius 1 is 1.08 bits per heavy atom. The monoisotopic (exact) mass is 542 g/mol. The number of piperidine rings is 1. The van der Waals surface area contributed by atoms with Gasteiger partial charge in [0.05, 0.1) is 17.2 Å². The van der Waals surface area contributed by atoms with Crippen molar-refractivity contribution in [3.8, 4) is 0 Å². The van der Waals surface area contributed by atoms with E-state index in [2.05, 4.69) is 10.2 Å². The lowest BCUT2D eigenvalue weighted by Crippen LogP contribution is -2.45. The minimum absolute atomic E-state index is 0.0195. The minimum atomic E-state index is -3.50. The standard InChI is InChI=1S/C28H38N4O5S/c1-2-38(35,36)32-25-8-5-19(28(34)31-12-3-4-20(17-31)27(33)29-21-6-7-21)16-23(25)24-18-30(13-9-26(24)32)22-10-14-37-15-11-22/h5,8,16,20-22H,2-4,6-7,9-15,17-18H2,1H3,(H,29,33)/t20-/m0/s1. The van der Waals surface area contributed by atoms with Crippen LogP contribution in [-0.2, 0) is 32.5 Å². The fraction of sp³-hybridized carbons (Fsp3) is 0.643. The number of nitrogens with one attached hydrogen (secondary N) is 1. The van der Waals surface area contributed by atoms with Crippen molar-refractivity contribution in [3.05, 3.63) is 35.0 Å². The van der Waals surface area contributed by atoms with Gasteiger partial charge < -0.3 is 15.0 Å². The molecule has 4 heterocycles. The van der Waals surface area contributed by atoms with E-state index in [1.54, 1.807) is 24.0 Å². The summed E-state index contributed by atoms with van der Waals surface area (Å²) in [4.78, 5) is 30.5. The zero-order chi connectivity index (χ0) is 26.4. The summed E-state index contributed by atoms with van der Waals surface area (Å²) in [5.41, 5.74) is 3.08. The van der Waals surface area contributed by atoms with Crippen LogP contribution < -0.4 is 5.32 Å². The number of hydrogen-bond acceptors (Lipinski definition) is 6.